The average Bonchev–Trinajstić information content (AvgIpc) is 3.72. The fourth-order valence-electron chi connectivity index (χ4n) is 4.46. The quantitative estimate of drug-likeness (QED) is 0.450. The molecule has 0 amide bonds. The van der Waals surface area contributed by atoms with Gasteiger partial charge in [0.25, 0.3) is 0 Å². The van der Waals surface area contributed by atoms with Crippen LogP contribution in [-0.4, -0.2) is 49.3 Å². The molecule has 6 nitrogen and oxygen atoms in total. The van der Waals surface area contributed by atoms with Gasteiger partial charge in [0, 0.05) is 24.2 Å². The Morgan fingerprint density at radius 1 is 0.968 bits per heavy atom. The highest BCUT2D eigenvalue weighted by molar-refractivity contribution is 7.98. The first-order chi connectivity index (χ1) is 15.1. The summed E-state index contributed by atoms with van der Waals surface area (Å²) in [7, 11) is 4.99. The van der Waals surface area contributed by atoms with Crippen molar-refractivity contribution in [3.05, 3.63) is 29.8 Å². The molecule has 164 valence electrons. The van der Waals surface area contributed by atoms with E-state index < -0.39 is 0 Å². The molecule has 0 unspecified atom stereocenters. The minimum absolute atomic E-state index is 0.652. The number of hydrogen-bond acceptors (Lipinski definition) is 6. The van der Waals surface area contributed by atoms with Crippen molar-refractivity contribution in [2.24, 2.45) is 0 Å². The number of ether oxygens (including phenoxy) is 3. The molecule has 0 saturated heterocycles. The average molecular weight is 440 g/mol. The molecule has 31 heavy (non-hydrogen) atoms. The van der Waals surface area contributed by atoms with Gasteiger partial charge in [-0.2, -0.15) is 5.10 Å². The van der Waals surface area contributed by atoms with Gasteiger partial charge in [-0.05, 0) is 50.5 Å². The van der Waals surface area contributed by atoms with Crippen LogP contribution in [0.3, 0.4) is 0 Å². The second kappa shape index (κ2) is 7.86. The summed E-state index contributed by atoms with van der Waals surface area (Å²) in [5.41, 5.74) is 5.53. The minimum Gasteiger partial charge on any atom is -0.496 e. The van der Waals surface area contributed by atoms with Crippen LogP contribution in [0, 0.1) is 6.92 Å². The number of hydrogen-bond donors (Lipinski definition) is 0. The Labute approximate surface area is 187 Å². The molecule has 0 N–H and O–H groups in total. The predicted octanol–water partition coefficient (Wildman–Crippen LogP) is 5.19. The summed E-state index contributed by atoms with van der Waals surface area (Å²) >= 11 is 1.72. The Bertz CT molecular complexity index is 1100. The molecule has 0 spiro atoms. The van der Waals surface area contributed by atoms with Gasteiger partial charge >= 0.3 is 0 Å². The van der Waals surface area contributed by atoms with E-state index in [1.54, 1.807) is 33.1 Å². The van der Waals surface area contributed by atoms with Crippen molar-refractivity contribution < 1.29 is 14.2 Å². The zero-order valence-corrected chi connectivity index (χ0v) is 19.6. The second-order valence-corrected chi connectivity index (χ2v) is 9.09. The van der Waals surface area contributed by atoms with E-state index in [4.69, 9.17) is 19.3 Å². The summed E-state index contributed by atoms with van der Waals surface area (Å²) in [5, 5.41) is 6.18. The number of nitrogens with zero attached hydrogens (tertiary/aromatic N) is 3. The van der Waals surface area contributed by atoms with Crippen LogP contribution < -0.4 is 19.1 Å². The Hall–Kier alpha value is -2.54. The predicted molar refractivity (Wildman–Crippen MR) is 125 cm³/mol. The van der Waals surface area contributed by atoms with E-state index in [2.05, 4.69) is 34.7 Å². The maximum Gasteiger partial charge on any atom is 0.142 e. The van der Waals surface area contributed by atoms with Crippen molar-refractivity contribution in [3.8, 4) is 28.5 Å². The smallest absolute Gasteiger partial charge is 0.142 e. The highest BCUT2D eigenvalue weighted by atomic mass is 32.2. The van der Waals surface area contributed by atoms with Gasteiger partial charge in [0.05, 0.1) is 43.8 Å². The molecule has 0 radical (unpaired) electrons. The molecule has 7 heteroatoms. The van der Waals surface area contributed by atoms with Crippen LogP contribution in [-0.2, 0) is 0 Å². The van der Waals surface area contributed by atoms with E-state index in [9.17, 15) is 0 Å². The first-order valence-electron chi connectivity index (χ1n) is 10.8. The van der Waals surface area contributed by atoms with Crippen molar-refractivity contribution in [2.75, 3.05) is 32.5 Å². The van der Waals surface area contributed by atoms with E-state index in [1.807, 2.05) is 12.1 Å². The normalized spacial score (nSPS) is 15.9. The van der Waals surface area contributed by atoms with Gasteiger partial charge in [-0.3, -0.25) is 0 Å². The highest BCUT2D eigenvalue weighted by Crippen LogP contribution is 2.48. The van der Waals surface area contributed by atoms with Crippen LogP contribution in [0.1, 0.15) is 31.2 Å². The summed E-state index contributed by atoms with van der Waals surface area (Å²) in [6.45, 7) is 2.18. The Kier molecular flexibility index (Phi) is 5.16. The van der Waals surface area contributed by atoms with Crippen molar-refractivity contribution >= 4 is 23.0 Å². The van der Waals surface area contributed by atoms with Gasteiger partial charge in [-0.15, -0.1) is 11.8 Å². The SMILES string of the molecule is COc1cc(OC)c(-c2ccc(C)c3c(N(C4CC4)C4CC4)c(SC)nn23)c(OC)c1. The molecule has 0 atom stereocenters. The van der Waals surface area contributed by atoms with Crippen molar-refractivity contribution in [2.45, 2.75) is 49.7 Å². The van der Waals surface area contributed by atoms with Crippen LogP contribution >= 0.6 is 11.8 Å². The molecule has 2 saturated carbocycles. The molecule has 2 aliphatic rings. The van der Waals surface area contributed by atoms with Crippen LogP contribution in [0.5, 0.6) is 17.2 Å². The van der Waals surface area contributed by atoms with Crippen molar-refractivity contribution in [1.82, 2.24) is 9.61 Å². The third-order valence-electron chi connectivity index (χ3n) is 6.23. The minimum atomic E-state index is 0.652. The third-order valence-corrected chi connectivity index (χ3v) is 6.89. The summed E-state index contributed by atoms with van der Waals surface area (Å²) in [6.07, 6.45) is 7.23. The van der Waals surface area contributed by atoms with Gasteiger partial charge in [-0.1, -0.05) is 6.07 Å². The lowest BCUT2D eigenvalue weighted by molar-refractivity contribution is 0.377. The number of pyridine rings is 1. The van der Waals surface area contributed by atoms with Crippen molar-refractivity contribution in [3.63, 3.8) is 0 Å². The number of aryl methyl sites for hydroxylation is 1. The molecule has 5 rings (SSSR count). The summed E-state index contributed by atoms with van der Waals surface area (Å²) in [6, 6.07) is 9.38. The van der Waals surface area contributed by atoms with Gasteiger partial charge in [0.2, 0.25) is 0 Å². The standard InChI is InChI=1S/C24H29N3O3S/c1-14-6-11-18(21-19(29-3)12-17(28-2)13-20(21)30-4)27-22(14)23(24(25-27)31-5)26(15-7-8-15)16-9-10-16/h6,11-13,15-16H,7-10H2,1-5H3. The Morgan fingerprint density at radius 3 is 2.06 bits per heavy atom. The van der Waals surface area contributed by atoms with Gasteiger partial charge in [0.1, 0.15) is 22.3 Å². The molecule has 1 aromatic carbocycles. The molecule has 2 fully saturated rings. The molecule has 2 aliphatic carbocycles. The van der Waals surface area contributed by atoms with Crippen LogP contribution in [0.2, 0.25) is 0 Å². The van der Waals surface area contributed by atoms with E-state index >= 15 is 0 Å². The lowest BCUT2D eigenvalue weighted by Gasteiger charge is -2.25. The largest absolute Gasteiger partial charge is 0.496 e. The summed E-state index contributed by atoms with van der Waals surface area (Å²) in [4.78, 5) is 2.66. The highest BCUT2D eigenvalue weighted by Gasteiger charge is 2.42. The maximum absolute atomic E-state index is 5.75. The van der Waals surface area contributed by atoms with Crippen LogP contribution in [0.15, 0.2) is 29.3 Å². The van der Waals surface area contributed by atoms with Crippen molar-refractivity contribution in [1.29, 1.82) is 0 Å². The van der Waals surface area contributed by atoms with Gasteiger partial charge in [-0.25, -0.2) is 4.52 Å². The van der Waals surface area contributed by atoms with E-state index in [0.29, 0.717) is 29.3 Å². The first kappa shape index (κ1) is 20.4. The molecule has 2 aromatic heterocycles. The summed E-state index contributed by atoms with van der Waals surface area (Å²) in [5.74, 6) is 2.09. The number of benzene rings is 1. The lowest BCUT2D eigenvalue weighted by Crippen LogP contribution is -2.28. The number of anilines is 1. The Balaban J connectivity index is 1.79. The number of thioether (sulfide) groups is 1. The molecule has 0 aliphatic heterocycles. The van der Waals surface area contributed by atoms with Crippen LogP contribution in [0.25, 0.3) is 16.8 Å². The molecular weight excluding hydrogens is 410 g/mol. The molecule has 0 bridgehead atoms. The van der Waals surface area contributed by atoms with E-state index in [0.717, 1.165) is 16.3 Å². The van der Waals surface area contributed by atoms with Crippen LogP contribution in [0.4, 0.5) is 5.69 Å². The Morgan fingerprint density at radius 2 is 1.58 bits per heavy atom. The fourth-order valence-corrected chi connectivity index (χ4v) is 5.02. The maximum atomic E-state index is 5.75. The zero-order chi connectivity index (χ0) is 21.7. The number of methoxy groups -OCH3 is 3. The fraction of sp³-hybridized carbons (Fsp3) is 0.458. The second-order valence-electron chi connectivity index (χ2n) is 8.30. The van der Waals surface area contributed by atoms with E-state index in [1.165, 1.54) is 42.5 Å². The number of rotatable bonds is 8. The van der Waals surface area contributed by atoms with Gasteiger partial charge < -0.3 is 19.1 Å². The molecule has 2 heterocycles. The third kappa shape index (κ3) is 3.39. The molecule has 3 aromatic rings. The zero-order valence-electron chi connectivity index (χ0n) is 18.8. The summed E-state index contributed by atoms with van der Waals surface area (Å²) < 4.78 is 19.0. The van der Waals surface area contributed by atoms with Gasteiger partial charge in [0.15, 0.2) is 0 Å². The first-order valence-corrected chi connectivity index (χ1v) is 12.0. The molecular formula is C24H29N3O3S. The number of fused-ring (bicyclic) bond motifs is 1. The van der Waals surface area contributed by atoms with E-state index in [-0.39, 0.29) is 0 Å². The number of aromatic nitrogens is 2. The monoisotopic (exact) mass is 439 g/mol. The lowest BCUT2D eigenvalue weighted by atomic mass is 10.1. The topological polar surface area (TPSA) is 48.2 Å².